The highest BCUT2D eigenvalue weighted by atomic mass is 32.1. The van der Waals surface area contributed by atoms with Crippen molar-refractivity contribution < 1.29 is 4.74 Å². The number of ether oxygens (including phenoxy) is 1. The van der Waals surface area contributed by atoms with E-state index in [2.05, 4.69) is 19.9 Å². The molecule has 7 heteroatoms. The minimum Gasteiger partial charge on any atom is -0.479 e. The van der Waals surface area contributed by atoms with Crippen LogP contribution in [0.25, 0.3) is 11.2 Å². The number of methoxy groups -OCH3 is 1. The molecule has 0 spiro atoms. The second kappa shape index (κ2) is 5.38. The maximum atomic E-state index is 5.34. The van der Waals surface area contributed by atoms with E-state index in [9.17, 15) is 0 Å². The number of imidazole rings is 1. The molecule has 3 heterocycles. The van der Waals surface area contributed by atoms with Crippen LogP contribution in [0.2, 0.25) is 0 Å². The van der Waals surface area contributed by atoms with Gasteiger partial charge in [-0.1, -0.05) is 6.07 Å². The largest absolute Gasteiger partial charge is 0.479 e. The van der Waals surface area contributed by atoms with Gasteiger partial charge in [0, 0.05) is 24.9 Å². The van der Waals surface area contributed by atoms with Crippen molar-refractivity contribution in [3.8, 4) is 5.88 Å². The van der Waals surface area contributed by atoms with E-state index < -0.39 is 0 Å². The van der Waals surface area contributed by atoms with Crippen LogP contribution in [0.5, 0.6) is 5.88 Å². The number of pyridine rings is 1. The second-order valence-electron chi connectivity index (χ2n) is 4.23. The van der Waals surface area contributed by atoms with E-state index in [-0.39, 0.29) is 0 Å². The third-order valence-corrected chi connectivity index (χ3v) is 3.36. The molecule has 102 valence electrons. The second-order valence-corrected chi connectivity index (χ2v) is 4.62. The number of nitrogens with one attached hydrogen (secondary N) is 1. The topological polar surface area (TPSA) is 68.6 Å². The van der Waals surface area contributed by atoms with Gasteiger partial charge < -0.3 is 14.3 Å². The van der Waals surface area contributed by atoms with Crippen LogP contribution >= 0.6 is 12.2 Å². The SMILES string of the molecule is COc1ncnc2c1[nH]c(=S)n2CCc1ccccn1. The molecule has 0 bridgehead atoms. The van der Waals surface area contributed by atoms with Gasteiger partial charge in [0.2, 0.25) is 5.88 Å². The molecule has 0 fully saturated rings. The van der Waals surface area contributed by atoms with Gasteiger partial charge in [0.1, 0.15) is 11.8 Å². The Balaban J connectivity index is 1.96. The zero-order chi connectivity index (χ0) is 13.9. The number of hydrogen-bond donors (Lipinski definition) is 1. The van der Waals surface area contributed by atoms with E-state index in [1.807, 2.05) is 22.8 Å². The Kier molecular flexibility index (Phi) is 3.42. The Morgan fingerprint density at radius 3 is 2.95 bits per heavy atom. The van der Waals surface area contributed by atoms with Crippen molar-refractivity contribution in [2.24, 2.45) is 0 Å². The number of rotatable bonds is 4. The van der Waals surface area contributed by atoms with Crippen molar-refractivity contribution in [3.05, 3.63) is 41.2 Å². The maximum absolute atomic E-state index is 5.34. The van der Waals surface area contributed by atoms with Crippen LogP contribution < -0.4 is 4.74 Å². The van der Waals surface area contributed by atoms with Crippen LogP contribution in [0.3, 0.4) is 0 Å². The molecule has 3 rings (SSSR count). The predicted octanol–water partition coefficient (Wildman–Crippen LogP) is 2.14. The zero-order valence-electron chi connectivity index (χ0n) is 10.9. The van der Waals surface area contributed by atoms with E-state index in [4.69, 9.17) is 17.0 Å². The molecule has 0 aliphatic rings. The summed E-state index contributed by atoms with van der Waals surface area (Å²) in [5.41, 5.74) is 2.49. The van der Waals surface area contributed by atoms with Gasteiger partial charge in [-0.15, -0.1) is 0 Å². The van der Waals surface area contributed by atoms with Gasteiger partial charge >= 0.3 is 0 Å². The summed E-state index contributed by atoms with van der Waals surface area (Å²) in [5.74, 6) is 0.498. The summed E-state index contributed by atoms with van der Waals surface area (Å²) in [6.45, 7) is 0.704. The van der Waals surface area contributed by atoms with Crippen molar-refractivity contribution in [2.75, 3.05) is 7.11 Å². The molecule has 0 atom stereocenters. The molecule has 3 aromatic rings. The highest BCUT2D eigenvalue weighted by Gasteiger charge is 2.11. The molecule has 0 radical (unpaired) electrons. The molecule has 0 saturated heterocycles. The van der Waals surface area contributed by atoms with Gasteiger partial charge in [0.15, 0.2) is 10.4 Å². The molecule has 0 saturated carbocycles. The number of fused-ring (bicyclic) bond motifs is 1. The Labute approximate surface area is 120 Å². The monoisotopic (exact) mass is 287 g/mol. The normalized spacial score (nSPS) is 10.8. The third kappa shape index (κ3) is 2.27. The van der Waals surface area contributed by atoms with Crippen molar-refractivity contribution in [1.29, 1.82) is 0 Å². The smallest absolute Gasteiger partial charge is 0.242 e. The number of nitrogens with zero attached hydrogens (tertiary/aromatic N) is 4. The number of aromatic amines is 1. The minimum atomic E-state index is 0.498. The molecular weight excluding hydrogens is 274 g/mol. The van der Waals surface area contributed by atoms with E-state index in [1.165, 1.54) is 6.33 Å². The quantitative estimate of drug-likeness (QED) is 0.745. The van der Waals surface area contributed by atoms with Crippen LogP contribution in [0, 0.1) is 4.77 Å². The summed E-state index contributed by atoms with van der Waals surface area (Å²) in [4.78, 5) is 15.7. The Morgan fingerprint density at radius 1 is 1.30 bits per heavy atom. The molecule has 0 unspecified atom stereocenters. The number of aryl methyl sites for hydroxylation is 2. The fourth-order valence-corrected chi connectivity index (χ4v) is 2.36. The minimum absolute atomic E-state index is 0.498. The van der Waals surface area contributed by atoms with E-state index in [1.54, 1.807) is 13.3 Å². The summed E-state index contributed by atoms with van der Waals surface area (Å²) < 4.78 is 7.74. The highest BCUT2D eigenvalue weighted by molar-refractivity contribution is 7.71. The average molecular weight is 287 g/mol. The molecule has 6 nitrogen and oxygen atoms in total. The Hall–Kier alpha value is -2.28. The number of H-pyrrole nitrogens is 1. The van der Waals surface area contributed by atoms with Gasteiger partial charge in [0.05, 0.1) is 7.11 Å². The zero-order valence-corrected chi connectivity index (χ0v) is 11.7. The van der Waals surface area contributed by atoms with Crippen LogP contribution in [0.4, 0.5) is 0 Å². The van der Waals surface area contributed by atoms with Gasteiger partial charge in [-0.05, 0) is 24.4 Å². The lowest BCUT2D eigenvalue weighted by Gasteiger charge is -2.04. The maximum Gasteiger partial charge on any atom is 0.242 e. The average Bonchev–Trinajstić information content (AvgIpc) is 2.81. The van der Waals surface area contributed by atoms with E-state index >= 15 is 0 Å². The predicted molar refractivity (Wildman–Crippen MR) is 77.2 cm³/mol. The van der Waals surface area contributed by atoms with Crippen molar-refractivity contribution >= 4 is 23.4 Å². The molecule has 3 aromatic heterocycles. The van der Waals surface area contributed by atoms with Crippen LogP contribution in [-0.2, 0) is 13.0 Å². The van der Waals surface area contributed by atoms with Crippen LogP contribution in [-0.4, -0.2) is 31.6 Å². The molecular formula is C13H13N5OS. The first kappa shape index (κ1) is 12.7. The summed E-state index contributed by atoms with van der Waals surface area (Å²) in [5, 5.41) is 0. The molecule has 0 aliphatic carbocycles. The first-order chi connectivity index (χ1) is 9.79. The Bertz CT molecular complexity index is 780. The Morgan fingerprint density at radius 2 is 2.20 bits per heavy atom. The molecule has 1 N–H and O–H groups in total. The van der Waals surface area contributed by atoms with Gasteiger partial charge in [-0.25, -0.2) is 4.98 Å². The fraction of sp³-hybridized carbons (Fsp3) is 0.231. The lowest BCUT2D eigenvalue weighted by molar-refractivity contribution is 0.401. The first-order valence-electron chi connectivity index (χ1n) is 6.17. The molecule has 20 heavy (non-hydrogen) atoms. The molecule has 0 aromatic carbocycles. The summed E-state index contributed by atoms with van der Waals surface area (Å²) in [6, 6.07) is 5.87. The number of hydrogen-bond acceptors (Lipinski definition) is 5. The van der Waals surface area contributed by atoms with Crippen molar-refractivity contribution in [1.82, 2.24) is 24.5 Å². The van der Waals surface area contributed by atoms with E-state index in [0.717, 1.165) is 23.3 Å². The fourth-order valence-electron chi connectivity index (χ4n) is 2.08. The lowest BCUT2D eigenvalue weighted by Crippen LogP contribution is -2.03. The van der Waals surface area contributed by atoms with Crippen LogP contribution in [0.1, 0.15) is 5.69 Å². The lowest BCUT2D eigenvalue weighted by atomic mass is 10.3. The molecule has 0 aliphatic heterocycles. The highest BCUT2D eigenvalue weighted by Crippen LogP contribution is 2.20. The summed E-state index contributed by atoms with van der Waals surface area (Å²) in [7, 11) is 1.57. The van der Waals surface area contributed by atoms with Crippen LogP contribution in [0.15, 0.2) is 30.7 Å². The standard InChI is InChI=1S/C13H13N5OS/c1-19-12-10-11(15-8-16-12)18(13(20)17-10)7-5-9-4-2-3-6-14-9/h2-4,6,8H,5,7H2,1H3,(H,17,20). The van der Waals surface area contributed by atoms with Gasteiger partial charge in [-0.3, -0.25) is 4.98 Å². The molecule has 0 amide bonds. The van der Waals surface area contributed by atoms with Crippen molar-refractivity contribution in [3.63, 3.8) is 0 Å². The third-order valence-electron chi connectivity index (χ3n) is 3.04. The van der Waals surface area contributed by atoms with E-state index in [0.29, 0.717) is 17.2 Å². The van der Waals surface area contributed by atoms with Crippen molar-refractivity contribution in [2.45, 2.75) is 13.0 Å². The first-order valence-corrected chi connectivity index (χ1v) is 6.58. The summed E-state index contributed by atoms with van der Waals surface area (Å²) in [6.07, 6.45) is 4.05. The number of aromatic nitrogens is 5. The van der Waals surface area contributed by atoms with Gasteiger partial charge in [-0.2, -0.15) is 4.98 Å². The summed E-state index contributed by atoms with van der Waals surface area (Å²) >= 11 is 5.34. The van der Waals surface area contributed by atoms with Gasteiger partial charge in [0.25, 0.3) is 0 Å².